The minimum absolute atomic E-state index is 0.498. The van der Waals surface area contributed by atoms with E-state index in [0.29, 0.717) is 6.04 Å². The van der Waals surface area contributed by atoms with E-state index in [1.807, 2.05) is 4.68 Å². The predicted octanol–water partition coefficient (Wildman–Crippen LogP) is 2.18. The molecule has 4 heteroatoms. The van der Waals surface area contributed by atoms with Crippen molar-refractivity contribution < 1.29 is 0 Å². The lowest BCUT2D eigenvalue weighted by atomic mass is 10.1. The Bertz CT molecular complexity index is 509. The molecule has 1 aromatic carbocycles. The third kappa shape index (κ3) is 2.29. The minimum Gasteiger partial charge on any atom is -0.317 e. The van der Waals surface area contributed by atoms with Gasteiger partial charge >= 0.3 is 0 Å². The van der Waals surface area contributed by atoms with Crippen molar-refractivity contribution in [2.75, 3.05) is 13.1 Å². The molecule has 1 aromatic heterocycles. The van der Waals surface area contributed by atoms with E-state index in [4.69, 9.17) is 0 Å². The van der Waals surface area contributed by atoms with Crippen LogP contribution in [-0.4, -0.2) is 28.1 Å². The predicted molar refractivity (Wildman–Crippen MR) is 71.3 cm³/mol. The minimum atomic E-state index is 0.498. The first kappa shape index (κ1) is 11.4. The maximum absolute atomic E-state index is 4.28. The summed E-state index contributed by atoms with van der Waals surface area (Å²) in [5.74, 6) is 0. The number of rotatable bonds is 2. The lowest BCUT2D eigenvalue weighted by Crippen LogP contribution is -2.29. The second kappa shape index (κ2) is 4.90. The van der Waals surface area contributed by atoms with Crippen LogP contribution in [0.3, 0.4) is 0 Å². The molecular weight excluding hydrogens is 224 g/mol. The maximum Gasteiger partial charge on any atom is 0.113 e. The first-order valence-electron chi connectivity index (χ1n) is 6.52. The fraction of sp³-hybridized carbons (Fsp3) is 0.429. The molecule has 0 bridgehead atoms. The summed E-state index contributed by atoms with van der Waals surface area (Å²) in [6.07, 6.45) is 4.34. The normalized spacial score (nSPS) is 16.9. The summed E-state index contributed by atoms with van der Waals surface area (Å²) in [5, 5.41) is 11.9. The highest BCUT2D eigenvalue weighted by Gasteiger charge is 2.16. The summed E-state index contributed by atoms with van der Waals surface area (Å²) in [7, 11) is 0. The molecular formula is C14H18N4. The maximum atomic E-state index is 4.28. The first-order valence-corrected chi connectivity index (χ1v) is 6.52. The fourth-order valence-electron chi connectivity index (χ4n) is 2.38. The van der Waals surface area contributed by atoms with Crippen molar-refractivity contribution in [3.05, 3.63) is 36.0 Å². The summed E-state index contributed by atoms with van der Waals surface area (Å²) < 4.78 is 2.02. The van der Waals surface area contributed by atoms with Gasteiger partial charge < -0.3 is 5.32 Å². The van der Waals surface area contributed by atoms with E-state index in [-0.39, 0.29) is 0 Å². The Morgan fingerprint density at radius 3 is 2.61 bits per heavy atom. The topological polar surface area (TPSA) is 42.7 Å². The molecule has 0 amide bonds. The van der Waals surface area contributed by atoms with Gasteiger partial charge in [-0.25, -0.2) is 4.68 Å². The van der Waals surface area contributed by atoms with Crippen LogP contribution in [0, 0.1) is 6.92 Å². The van der Waals surface area contributed by atoms with E-state index in [0.717, 1.165) is 37.2 Å². The summed E-state index contributed by atoms with van der Waals surface area (Å²) in [4.78, 5) is 0. The van der Waals surface area contributed by atoms with E-state index < -0.39 is 0 Å². The van der Waals surface area contributed by atoms with Crippen molar-refractivity contribution in [2.45, 2.75) is 25.8 Å². The molecule has 0 aliphatic carbocycles. The van der Waals surface area contributed by atoms with Crippen LogP contribution in [-0.2, 0) is 0 Å². The third-order valence-corrected chi connectivity index (χ3v) is 3.54. The Balaban J connectivity index is 1.82. The molecule has 1 fully saturated rings. The average Bonchev–Trinajstić information content (AvgIpc) is 2.90. The molecule has 2 heterocycles. The number of benzene rings is 1. The van der Waals surface area contributed by atoms with Crippen LogP contribution in [0.4, 0.5) is 0 Å². The zero-order chi connectivity index (χ0) is 12.4. The van der Waals surface area contributed by atoms with Gasteiger partial charge in [0.1, 0.15) is 5.69 Å². The van der Waals surface area contributed by atoms with Crippen LogP contribution >= 0.6 is 0 Å². The largest absolute Gasteiger partial charge is 0.317 e. The van der Waals surface area contributed by atoms with Crippen molar-refractivity contribution in [3.8, 4) is 11.3 Å². The zero-order valence-electron chi connectivity index (χ0n) is 10.6. The monoisotopic (exact) mass is 242 g/mol. The van der Waals surface area contributed by atoms with Crippen LogP contribution in [0.1, 0.15) is 24.4 Å². The van der Waals surface area contributed by atoms with Crippen molar-refractivity contribution in [2.24, 2.45) is 0 Å². The Morgan fingerprint density at radius 1 is 1.17 bits per heavy atom. The summed E-state index contributed by atoms with van der Waals surface area (Å²) in [6.45, 7) is 4.24. The number of hydrogen-bond acceptors (Lipinski definition) is 3. The average molecular weight is 242 g/mol. The van der Waals surface area contributed by atoms with E-state index in [1.165, 1.54) is 5.56 Å². The van der Waals surface area contributed by atoms with E-state index in [9.17, 15) is 0 Å². The SMILES string of the molecule is Cc1ccc(-c2cn(C3CCNCC3)nn2)cc1. The van der Waals surface area contributed by atoms with Gasteiger partial charge in [-0.2, -0.15) is 0 Å². The number of nitrogens with one attached hydrogen (secondary N) is 1. The number of hydrogen-bond donors (Lipinski definition) is 1. The second-order valence-corrected chi connectivity index (χ2v) is 4.93. The van der Waals surface area contributed by atoms with Crippen LogP contribution in [0.5, 0.6) is 0 Å². The molecule has 0 spiro atoms. The Kier molecular flexibility index (Phi) is 3.11. The zero-order valence-corrected chi connectivity index (χ0v) is 10.6. The van der Waals surface area contributed by atoms with Gasteiger partial charge in [-0.1, -0.05) is 35.0 Å². The van der Waals surface area contributed by atoms with Crippen molar-refractivity contribution >= 4 is 0 Å². The van der Waals surface area contributed by atoms with E-state index in [1.54, 1.807) is 0 Å². The standard InChI is InChI=1S/C14H18N4/c1-11-2-4-12(5-3-11)14-10-18(17-16-14)13-6-8-15-9-7-13/h2-5,10,13,15H,6-9H2,1H3. The van der Waals surface area contributed by atoms with Crippen LogP contribution < -0.4 is 5.32 Å². The molecule has 0 radical (unpaired) electrons. The summed E-state index contributed by atoms with van der Waals surface area (Å²) >= 11 is 0. The summed E-state index contributed by atoms with van der Waals surface area (Å²) in [6, 6.07) is 8.92. The van der Waals surface area contributed by atoms with Crippen LogP contribution in [0.15, 0.2) is 30.5 Å². The fourth-order valence-corrected chi connectivity index (χ4v) is 2.38. The van der Waals surface area contributed by atoms with Gasteiger partial charge in [0.2, 0.25) is 0 Å². The second-order valence-electron chi connectivity index (χ2n) is 4.93. The van der Waals surface area contributed by atoms with Gasteiger partial charge in [-0.15, -0.1) is 5.10 Å². The molecule has 1 aliphatic rings. The molecule has 1 N–H and O–H groups in total. The van der Waals surface area contributed by atoms with Crippen molar-refractivity contribution in [1.29, 1.82) is 0 Å². The first-order chi connectivity index (χ1) is 8.83. The lowest BCUT2D eigenvalue weighted by molar-refractivity contribution is 0.337. The number of aryl methyl sites for hydroxylation is 1. The van der Waals surface area contributed by atoms with Gasteiger partial charge in [0.05, 0.1) is 12.2 Å². The number of aromatic nitrogens is 3. The van der Waals surface area contributed by atoms with Gasteiger partial charge in [0.25, 0.3) is 0 Å². The molecule has 0 unspecified atom stereocenters. The highest BCUT2D eigenvalue weighted by atomic mass is 15.4. The Hall–Kier alpha value is -1.68. The molecule has 18 heavy (non-hydrogen) atoms. The molecule has 3 rings (SSSR count). The van der Waals surface area contributed by atoms with Crippen molar-refractivity contribution in [3.63, 3.8) is 0 Å². The summed E-state index contributed by atoms with van der Waals surface area (Å²) in [5.41, 5.74) is 3.37. The molecule has 0 atom stereocenters. The number of piperidine rings is 1. The van der Waals surface area contributed by atoms with Crippen LogP contribution in [0.25, 0.3) is 11.3 Å². The molecule has 1 aliphatic heterocycles. The van der Waals surface area contributed by atoms with E-state index >= 15 is 0 Å². The molecule has 1 saturated heterocycles. The highest BCUT2D eigenvalue weighted by molar-refractivity contribution is 5.57. The number of nitrogens with zero attached hydrogens (tertiary/aromatic N) is 3. The van der Waals surface area contributed by atoms with E-state index in [2.05, 4.69) is 53.0 Å². The molecule has 94 valence electrons. The van der Waals surface area contributed by atoms with Crippen LogP contribution in [0.2, 0.25) is 0 Å². The highest BCUT2D eigenvalue weighted by Crippen LogP contribution is 2.21. The van der Waals surface area contributed by atoms with Gasteiger partial charge in [-0.3, -0.25) is 0 Å². The van der Waals surface area contributed by atoms with Gasteiger partial charge in [0, 0.05) is 5.56 Å². The smallest absolute Gasteiger partial charge is 0.113 e. The molecule has 2 aromatic rings. The Morgan fingerprint density at radius 2 is 1.89 bits per heavy atom. The third-order valence-electron chi connectivity index (χ3n) is 3.54. The molecule has 0 saturated carbocycles. The quantitative estimate of drug-likeness (QED) is 0.877. The van der Waals surface area contributed by atoms with Crippen molar-refractivity contribution in [1.82, 2.24) is 20.3 Å². The van der Waals surface area contributed by atoms with Gasteiger partial charge in [-0.05, 0) is 32.9 Å². The Labute approximate surface area is 107 Å². The van der Waals surface area contributed by atoms with Gasteiger partial charge in [0.15, 0.2) is 0 Å². The molecule has 4 nitrogen and oxygen atoms in total. The lowest BCUT2D eigenvalue weighted by Gasteiger charge is -2.22.